The Labute approximate surface area is 330 Å². The van der Waals surface area contributed by atoms with E-state index in [-0.39, 0.29) is 24.8 Å². The van der Waals surface area contributed by atoms with Crippen LogP contribution in [-0.2, 0) is 41.1 Å². The number of hydrogen-bond donors (Lipinski definition) is 0. The third kappa shape index (κ3) is 7.78. The van der Waals surface area contributed by atoms with Gasteiger partial charge in [0.2, 0.25) is 0 Å². The minimum absolute atomic E-state index is 0. The first kappa shape index (κ1) is 40.5. The van der Waals surface area contributed by atoms with Crippen LogP contribution < -0.4 is 24.8 Å². The molecule has 6 heteroatoms. The van der Waals surface area contributed by atoms with E-state index in [1.165, 1.54) is 58.9 Å². The van der Waals surface area contributed by atoms with E-state index in [1.54, 1.807) is 33.6 Å². The number of benzene rings is 4. The zero-order valence-electron chi connectivity index (χ0n) is 29.3. The van der Waals surface area contributed by atoms with Gasteiger partial charge >= 0.3 is 155 Å². The molecule has 0 aliphatic heterocycles. The van der Waals surface area contributed by atoms with Crippen LogP contribution in [0.1, 0.15) is 75.1 Å². The third-order valence-corrected chi connectivity index (χ3v) is 21.4. The molecule has 4 aromatic rings. The van der Waals surface area contributed by atoms with Gasteiger partial charge in [-0.2, -0.15) is 0 Å². The smallest absolute Gasteiger partial charge is 0.0211 e. The zero-order valence-corrected chi connectivity index (χ0v) is 37.3. The molecule has 252 valence electrons. The molecule has 0 saturated heterocycles. The van der Waals surface area contributed by atoms with E-state index in [0.717, 1.165) is 6.42 Å². The van der Waals surface area contributed by atoms with Gasteiger partial charge in [0.25, 0.3) is 0 Å². The van der Waals surface area contributed by atoms with E-state index in [9.17, 15) is 0 Å². The maximum Gasteiger partial charge on any atom is 0.0211 e. The molecule has 0 fully saturated rings. The van der Waals surface area contributed by atoms with Crippen molar-refractivity contribution in [3.63, 3.8) is 0 Å². The summed E-state index contributed by atoms with van der Waals surface area (Å²) in [6.45, 7) is 11.4. The van der Waals surface area contributed by atoms with E-state index >= 15 is 0 Å². The predicted octanol–water partition coefficient (Wildman–Crippen LogP) is 7.73. The molecule has 0 saturated carbocycles. The maximum absolute atomic E-state index is 6.26. The molecule has 0 amide bonds. The molecule has 8 rings (SSSR count). The van der Waals surface area contributed by atoms with Crippen LogP contribution in [0.2, 0.25) is 9.26 Å². The van der Waals surface area contributed by atoms with Gasteiger partial charge in [-0.1, -0.05) is 97.1 Å². The van der Waals surface area contributed by atoms with Crippen LogP contribution in [0, 0.1) is 5.41 Å². The molecule has 49 heavy (non-hydrogen) atoms. The van der Waals surface area contributed by atoms with Crippen LogP contribution >= 0.6 is 17.0 Å². The minimum Gasteiger partial charge on any atom is -1.00 e. The molecular weight excluding hydrogens is 841 g/mol. The van der Waals surface area contributed by atoms with E-state index in [0.29, 0.717) is 17.3 Å². The summed E-state index contributed by atoms with van der Waals surface area (Å²) in [6.07, 6.45) is 7.15. The van der Waals surface area contributed by atoms with Gasteiger partial charge in [-0.3, -0.25) is 0 Å². The molecule has 0 bridgehead atoms. The molecule has 0 atom stereocenters. The van der Waals surface area contributed by atoms with Gasteiger partial charge in [0.15, 0.2) is 0 Å². The van der Waals surface area contributed by atoms with E-state index in [4.69, 9.17) is 17.0 Å². The van der Waals surface area contributed by atoms with Crippen molar-refractivity contribution in [1.82, 2.24) is 0 Å². The Bertz CT molecular complexity index is 1790. The van der Waals surface area contributed by atoms with Crippen molar-refractivity contribution in [3.8, 4) is 22.3 Å². The third-order valence-electron chi connectivity index (χ3n) is 10.8. The van der Waals surface area contributed by atoms with Gasteiger partial charge in [0.1, 0.15) is 0 Å². The molecule has 4 aromatic carbocycles. The monoisotopic (exact) mass is 880 g/mol. The van der Waals surface area contributed by atoms with Crippen molar-refractivity contribution in [1.29, 1.82) is 0 Å². The minimum atomic E-state index is -3.26. The maximum atomic E-state index is 6.26. The first-order chi connectivity index (χ1) is 22.2. The molecule has 0 spiro atoms. The normalized spacial score (nSPS) is 17.5. The fraction of sp³-hybridized carbons (Fsp3) is 0.256. The summed E-state index contributed by atoms with van der Waals surface area (Å²) in [7, 11) is 12.5. The van der Waals surface area contributed by atoms with Crippen molar-refractivity contribution in [2.45, 2.75) is 62.1 Å². The molecule has 0 aromatic heterocycles. The van der Waals surface area contributed by atoms with Gasteiger partial charge in [0.05, 0.1) is 0 Å². The van der Waals surface area contributed by atoms with E-state index in [1.807, 2.05) is 15.3 Å². The fourth-order valence-electron chi connectivity index (χ4n) is 7.66. The standard InChI is InChI=1S/C26H18.C10H15.C5H5.2CH3.4ClH.2Zr/c1-5-13-21-17(9-1)18-10-2-6-14-22(18)25(21)26-23-15-7-3-11-19(23)20-12-4-8-16-24(20)26;1-7-6-10(4,5)9(3)8(7)2;1-2-4-5-3-1;;;;;;;;/h1-16,25-26H;1-5H3;1-3H,4H2;2*1H3;4*1H;;/q;;;;;;;;;2*+2/p-4. The van der Waals surface area contributed by atoms with Crippen molar-refractivity contribution < 1.29 is 65.9 Å². The van der Waals surface area contributed by atoms with Crippen LogP contribution in [0.15, 0.2) is 139 Å². The average molecular weight is 885 g/mol. The van der Waals surface area contributed by atoms with Crippen LogP contribution in [0.4, 0.5) is 0 Å². The summed E-state index contributed by atoms with van der Waals surface area (Å²) in [5.74, 6) is 0.763. The largest absolute Gasteiger partial charge is 1.00 e. The van der Waals surface area contributed by atoms with Crippen molar-refractivity contribution in [2.75, 3.05) is 0 Å². The van der Waals surface area contributed by atoms with Crippen LogP contribution in [-0.4, -0.2) is 0 Å². The predicted molar refractivity (Wildman–Crippen MR) is 198 cm³/mol. The summed E-state index contributed by atoms with van der Waals surface area (Å²) >= 11 is -1.69. The summed E-state index contributed by atoms with van der Waals surface area (Å²) in [5.41, 5.74) is 16.4. The molecule has 0 heterocycles. The first-order valence-electron chi connectivity index (χ1n) is 16.6. The molecule has 0 N–H and O–H groups in total. The van der Waals surface area contributed by atoms with Gasteiger partial charge in [0, 0.05) is 11.8 Å². The van der Waals surface area contributed by atoms with Gasteiger partial charge < -0.3 is 24.8 Å². The number of allylic oxidation sites excluding steroid dienone is 8. The Morgan fingerprint density at radius 2 is 0.959 bits per heavy atom. The summed E-state index contributed by atoms with van der Waals surface area (Å²) in [6, 6.07) is 35.8. The Kier molecular flexibility index (Phi) is 12.7. The second-order valence-corrected chi connectivity index (χ2v) is 41.8. The number of hydrogen-bond acceptors (Lipinski definition) is 0. The molecule has 0 radical (unpaired) electrons. The Morgan fingerprint density at radius 3 is 1.16 bits per heavy atom. The van der Waals surface area contributed by atoms with E-state index in [2.05, 4.69) is 144 Å². The summed E-state index contributed by atoms with van der Waals surface area (Å²) in [5, 5.41) is 0. The number of halogens is 4. The Hall–Kier alpha value is -1.23. The van der Waals surface area contributed by atoms with Gasteiger partial charge in [-0.25, -0.2) is 0 Å². The number of fused-ring (bicyclic) bond motifs is 6. The quantitative estimate of drug-likeness (QED) is 0.194. The van der Waals surface area contributed by atoms with Crippen molar-refractivity contribution in [2.24, 2.45) is 5.41 Å². The topological polar surface area (TPSA) is 0 Å². The van der Waals surface area contributed by atoms with Gasteiger partial charge in [-0.15, -0.1) is 0 Å². The second-order valence-electron chi connectivity index (χ2n) is 14.5. The van der Waals surface area contributed by atoms with Crippen LogP contribution in [0.3, 0.4) is 0 Å². The van der Waals surface area contributed by atoms with Gasteiger partial charge in [-0.05, 0) is 44.5 Å². The second kappa shape index (κ2) is 15.4. The van der Waals surface area contributed by atoms with Crippen LogP contribution in [0.25, 0.3) is 22.3 Å². The van der Waals surface area contributed by atoms with Crippen molar-refractivity contribution in [3.05, 3.63) is 161 Å². The molecular formula is C43H44Cl4Zr2. The molecule has 0 unspecified atom stereocenters. The zero-order chi connectivity index (χ0) is 33.7. The number of rotatable bonds is 2. The SMILES string of the molecule is CC1=C(C)C(C)(C)[C]([Zr+2])=C1C.[CH3][Zr]([CH3])([Cl])([Cl])[C]1=CC=CC1.[Cl-].[Cl-].c1ccc2c(c1)-c1ccccc1C2C1c2ccccc2-c2ccccc21. The Morgan fingerprint density at radius 1 is 0.612 bits per heavy atom. The summed E-state index contributed by atoms with van der Waals surface area (Å²) in [4.78, 5) is 0. The summed E-state index contributed by atoms with van der Waals surface area (Å²) < 4.78 is 6.93. The fourth-order valence-corrected chi connectivity index (χ4v) is 13.3. The molecule has 4 aliphatic carbocycles. The van der Waals surface area contributed by atoms with Crippen LogP contribution in [0.5, 0.6) is 0 Å². The van der Waals surface area contributed by atoms with Crippen molar-refractivity contribution >= 4 is 17.0 Å². The molecule has 4 aliphatic rings. The molecule has 0 nitrogen and oxygen atoms in total. The average Bonchev–Trinajstić information content (AvgIpc) is 3.82. The Balaban J connectivity index is 0.000000197. The first-order valence-corrected chi connectivity index (χ1v) is 30.3. The van der Waals surface area contributed by atoms with E-state index < -0.39 is 16.4 Å².